The number of nitrogens with zero attached hydrogens (tertiary/aromatic N) is 1. The molecule has 110 valence electrons. The predicted molar refractivity (Wildman–Crippen MR) is 72.3 cm³/mol. The third-order valence-electron chi connectivity index (χ3n) is 4.64. The first kappa shape index (κ1) is 13.7. The van der Waals surface area contributed by atoms with E-state index < -0.39 is 17.5 Å². The lowest BCUT2D eigenvalue weighted by molar-refractivity contribution is 0.276. The molecule has 5 heteroatoms. The molecule has 1 atom stereocenters. The van der Waals surface area contributed by atoms with E-state index >= 15 is 0 Å². The van der Waals surface area contributed by atoms with Crippen LogP contribution in [0.15, 0.2) is 12.1 Å². The number of nitrogens with one attached hydrogen (secondary N) is 1. The van der Waals surface area contributed by atoms with E-state index in [9.17, 15) is 13.2 Å². The van der Waals surface area contributed by atoms with E-state index in [1.165, 1.54) is 12.8 Å². The van der Waals surface area contributed by atoms with Gasteiger partial charge in [0.15, 0.2) is 17.5 Å². The third-order valence-corrected chi connectivity index (χ3v) is 4.64. The molecule has 0 radical (unpaired) electrons. The second kappa shape index (κ2) is 4.95. The van der Waals surface area contributed by atoms with Crippen LogP contribution in [0.4, 0.5) is 18.9 Å². The molecule has 2 nitrogen and oxygen atoms in total. The molecule has 3 rings (SSSR count). The maximum Gasteiger partial charge on any atom is 0.194 e. The largest absolute Gasteiger partial charge is 0.366 e. The first-order valence-corrected chi connectivity index (χ1v) is 7.17. The van der Waals surface area contributed by atoms with Crippen LogP contribution in [-0.2, 0) is 0 Å². The van der Waals surface area contributed by atoms with E-state index in [4.69, 9.17) is 0 Å². The number of rotatable bonds is 1. The van der Waals surface area contributed by atoms with E-state index in [1.807, 2.05) is 11.8 Å². The summed E-state index contributed by atoms with van der Waals surface area (Å²) >= 11 is 0. The van der Waals surface area contributed by atoms with Gasteiger partial charge >= 0.3 is 0 Å². The molecule has 1 saturated heterocycles. The lowest BCUT2D eigenvalue weighted by atomic mass is 9.92. The average Bonchev–Trinajstić information content (AvgIpc) is 2.87. The van der Waals surface area contributed by atoms with Crippen LogP contribution in [0.5, 0.6) is 0 Å². The molecule has 1 heterocycles. The number of hydrogen-bond donors (Lipinski definition) is 1. The molecule has 1 aliphatic carbocycles. The van der Waals surface area contributed by atoms with Crippen LogP contribution in [0.25, 0.3) is 0 Å². The van der Waals surface area contributed by atoms with Crippen molar-refractivity contribution < 1.29 is 13.2 Å². The minimum absolute atomic E-state index is 0.0495. The Labute approximate surface area is 117 Å². The number of benzene rings is 1. The molecule has 1 aromatic carbocycles. The molecule has 20 heavy (non-hydrogen) atoms. The zero-order valence-corrected chi connectivity index (χ0v) is 11.6. The quantitative estimate of drug-likeness (QED) is 0.797. The van der Waals surface area contributed by atoms with Gasteiger partial charge in [0.2, 0.25) is 0 Å². The van der Waals surface area contributed by atoms with Gasteiger partial charge in [0.25, 0.3) is 0 Å². The first-order chi connectivity index (χ1) is 9.51. The number of hydrogen-bond acceptors (Lipinski definition) is 2. The summed E-state index contributed by atoms with van der Waals surface area (Å²) in [5.41, 5.74) is 0.482. The molecular formula is C15H19F3N2. The van der Waals surface area contributed by atoms with E-state index in [-0.39, 0.29) is 11.6 Å². The molecule has 0 amide bonds. The molecule has 1 aliphatic heterocycles. The van der Waals surface area contributed by atoms with Gasteiger partial charge in [-0.25, -0.2) is 13.2 Å². The highest BCUT2D eigenvalue weighted by Crippen LogP contribution is 2.35. The van der Waals surface area contributed by atoms with Gasteiger partial charge in [-0.1, -0.05) is 12.8 Å². The monoisotopic (exact) mass is 284 g/mol. The van der Waals surface area contributed by atoms with Crippen LogP contribution in [-0.4, -0.2) is 24.7 Å². The SMILES string of the molecule is CC1CNC2(CCCC2)CN1c1cc(F)c(F)c(F)c1. The minimum Gasteiger partial charge on any atom is -0.366 e. The van der Waals surface area contributed by atoms with Crippen molar-refractivity contribution in [3.05, 3.63) is 29.6 Å². The highest BCUT2D eigenvalue weighted by atomic mass is 19.2. The maximum absolute atomic E-state index is 13.4. The molecule has 0 aromatic heterocycles. The van der Waals surface area contributed by atoms with Gasteiger partial charge in [-0.15, -0.1) is 0 Å². The van der Waals surface area contributed by atoms with Crippen molar-refractivity contribution >= 4 is 5.69 Å². The summed E-state index contributed by atoms with van der Waals surface area (Å²) in [5, 5.41) is 3.58. The first-order valence-electron chi connectivity index (χ1n) is 7.17. The summed E-state index contributed by atoms with van der Waals surface area (Å²) in [7, 11) is 0. The average molecular weight is 284 g/mol. The second-order valence-electron chi connectivity index (χ2n) is 6.07. The van der Waals surface area contributed by atoms with E-state index in [0.29, 0.717) is 5.69 Å². The van der Waals surface area contributed by atoms with E-state index in [0.717, 1.165) is 38.1 Å². The van der Waals surface area contributed by atoms with Crippen molar-refractivity contribution in [2.24, 2.45) is 0 Å². The zero-order valence-electron chi connectivity index (χ0n) is 11.6. The summed E-state index contributed by atoms with van der Waals surface area (Å²) in [6.45, 7) is 3.51. The Balaban J connectivity index is 1.91. The fourth-order valence-electron chi connectivity index (χ4n) is 3.45. The van der Waals surface area contributed by atoms with Crippen LogP contribution in [0.3, 0.4) is 0 Å². The number of piperazine rings is 1. The molecule has 1 aromatic rings. The molecule has 1 unspecified atom stereocenters. The van der Waals surface area contributed by atoms with Gasteiger partial charge in [0.1, 0.15) is 0 Å². The van der Waals surface area contributed by atoms with Crippen LogP contribution >= 0.6 is 0 Å². The van der Waals surface area contributed by atoms with Gasteiger partial charge in [0, 0.05) is 42.5 Å². The fourth-order valence-corrected chi connectivity index (χ4v) is 3.45. The van der Waals surface area contributed by atoms with E-state index in [1.54, 1.807) is 0 Å². The summed E-state index contributed by atoms with van der Waals surface area (Å²) < 4.78 is 40.0. The highest BCUT2D eigenvalue weighted by molar-refractivity contribution is 5.49. The molecule has 1 spiro atoms. The highest BCUT2D eigenvalue weighted by Gasteiger charge is 2.40. The topological polar surface area (TPSA) is 15.3 Å². The molecule has 1 N–H and O–H groups in total. The van der Waals surface area contributed by atoms with Crippen molar-refractivity contribution in [1.82, 2.24) is 5.32 Å². The summed E-state index contributed by atoms with van der Waals surface area (Å²) in [5.74, 6) is -3.63. The Hall–Kier alpha value is -1.23. The normalized spacial score (nSPS) is 25.4. The van der Waals surface area contributed by atoms with Crippen molar-refractivity contribution in [2.45, 2.75) is 44.2 Å². The van der Waals surface area contributed by atoms with Gasteiger partial charge in [0.05, 0.1) is 0 Å². The van der Waals surface area contributed by atoms with Crippen molar-refractivity contribution in [1.29, 1.82) is 0 Å². The smallest absolute Gasteiger partial charge is 0.194 e. The molecule has 0 bridgehead atoms. The molecule has 2 aliphatic rings. The predicted octanol–water partition coefficient (Wildman–Crippen LogP) is 3.21. The minimum atomic E-state index is -1.40. The summed E-state index contributed by atoms with van der Waals surface area (Å²) in [6, 6.07) is 2.33. The molecule has 2 fully saturated rings. The molecule has 1 saturated carbocycles. The zero-order chi connectivity index (χ0) is 14.3. The van der Waals surface area contributed by atoms with Crippen molar-refractivity contribution in [3.63, 3.8) is 0 Å². The number of anilines is 1. The van der Waals surface area contributed by atoms with Crippen LogP contribution in [0.2, 0.25) is 0 Å². The lowest BCUT2D eigenvalue weighted by Gasteiger charge is -2.46. The summed E-state index contributed by atoms with van der Waals surface area (Å²) in [4.78, 5) is 1.99. The van der Waals surface area contributed by atoms with Crippen LogP contribution in [0.1, 0.15) is 32.6 Å². The van der Waals surface area contributed by atoms with Gasteiger partial charge in [-0.05, 0) is 19.8 Å². The van der Waals surface area contributed by atoms with Crippen LogP contribution < -0.4 is 10.2 Å². The second-order valence-corrected chi connectivity index (χ2v) is 6.07. The Bertz CT molecular complexity index is 489. The maximum atomic E-state index is 13.4. The van der Waals surface area contributed by atoms with Crippen molar-refractivity contribution in [2.75, 3.05) is 18.0 Å². The standard InChI is InChI=1S/C15H19F3N2/c1-10-8-19-15(4-2-3-5-15)9-20(10)11-6-12(16)14(18)13(17)7-11/h6-7,10,19H,2-5,8-9H2,1H3. The van der Waals surface area contributed by atoms with Gasteiger partial charge < -0.3 is 10.2 Å². The Morgan fingerprint density at radius 2 is 1.75 bits per heavy atom. The van der Waals surface area contributed by atoms with Crippen molar-refractivity contribution in [3.8, 4) is 0 Å². The van der Waals surface area contributed by atoms with Gasteiger partial charge in [-0.3, -0.25) is 0 Å². The molecular weight excluding hydrogens is 265 g/mol. The number of halogens is 3. The Morgan fingerprint density at radius 1 is 1.15 bits per heavy atom. The van der Waals surface area contributed by atoms with Crippen LogP contribution in [0, 0.1) is 17.5 Å². The van der Waals surface area contributed by atoms with Gasteiger partial charge in [-0.2, -0.15) is 0 Å². The fraction of sp³-hybridized carbons (Fsp3) is 0.600. The van der Waals surface area contributed by atoms with E-state index in [2.05, 4.69) is 5.32 Å². The third kappa shape index (κ3) is 2.28. The lowest BCUT2D eigenvalue weighted by Crippen LogP contribution is -2.62. The summed E-state index contributed by atoms with van der Waals surface area (Å²) in [6.07, 6.45) is 4.54. The Morgan fingerprint density at radius 3 is 2.35 bits per heavy atom. The Kier molecular flexibility index (Phi) is 3.40.